The Balaban J connectivity index is 1.09. The minimum atomic E-state index is -0.189. The summed E-state index contributed by atoms with van der Waals surface area (Å²) in [4.78, 5) is 28.3. The van der Waals surface area contributed by atoms with Crippen molar-refractivity contribution < 1.29 is 14.3 Å². The molecule has 0 bridgehead atoms. The van der Waals surface area contributed by atoms with Gasteiger partial charge in [0, 0.05) is 38.1 Å². The highest BCUT2D eigenvalue weighted by Gasteiger charge is 2.54. The van der Waals surface area contributed by atoms with Gasteiger partial charge in [-0.05, 0) is 32.3 Å². The van der Waals surface area contributed by atoms with Crippen LogP contribution in [0.2, 0.25) is 0 Å². The van der Waals surface area contributed by atoms with Crippen LogP contribution < -0.4 is 9.64 Å². The van der Waals surface area contributed by atoms with Gasteiger partial charge in [0.1, 0.15) is 6.10 Å². The highest BCUT2D eigenvalue weighted by atomic mass is 16.6. The predicted octanol–water partition coefficient (Wildman–Crippen LogP) is 3.19. The second-order valence-electron chi connectivity index (χ2n) is 9.98. The van der Waals surface area contributed by atoms with E-state index in [0.717, 1.165) is 32.5 Å². The fourth-order valence-corrected chi connectivity index (χ4v) is 5.73. The van der Waals surface area contributed by atoms with E-state index in [1.54, 1.807) is 19.5 Å². The van der Waals surface area contributed by atoms with Crippen molar-refractivity contribution in [2.45, 2.75) is 51.4 Å². The van der Waals surface area contributed by atoms with Crippen LogP contribution in [0.1, 0.15) is 32.3 Å². The lowest BCUT2D eigenvalue weighted by atomic mass is 9.61. The maximum Gasteiger partial charge on any atom is 0.410 e. The number of hydrogen-bond acceptors (Lipinski definition) is 7. The van der Waals surface area contributed by atoms with Gasteiger partial charge in [-0.15, -0.1) is 0 Å². The molecule has 2 aromatic rings. The smallest absolute Gasteiger partial charge is 0.410 e. The van der Waals surface area contributed by atoms with E-state index in [-0.39, 0.29) is 24.3 Å². The molecule has 3 heterocycles. The summed E-state index contributed by atoms with van der Waals surface area (Å²) < 4.78 is 11.1. The molecule has 176 valence electrons. The summed E-state index contributed by atoms with van der Waals surface area (Å²) in [5.74, 6) is 1.29. The van der Waals surface area contributed by atoms with E-state index >= 15 is 0 Å². The number of amides is 1. The quantitative estimate of drug-likeness (QED) is 0.691. The van der Waals surface area contributed by atoms with Crippen LogP contribution in [-0.2, 0) is 11.3 Å². The molecule has 8 nitrogen and oxygen atoms in total. The van der Waals surface area contributed by atoms with E-state index in [4.69, 9.17) is 9.47 Å². The van der Waals surface area contributed by atoms with Crippen LogP contribution in [-0.4, -0.2) is 77.3 Å². The van der Waals surface area contributed by atoms with Gasteiger partial charge in [0.25, 0.3) is 0 Å². The summed E-state index contributed by atoms with van der Waals surface area (Å²) in [5.41, 5.74) is 1.71. The number of aromatic nitrogens is 2. The Morgan fingerprint density at radius 1 is 1.06 bits per heavy atom. The zero-order valence-corrected chi connectivity index (χ0v) is 19.7. The second kappa shape index (κ2) is 8.82. The Morgan fingerprint density at radius 3 is 2.30 bits per heavy atom. The molecule has 2 aliphatic heterocycles. The molecule has 8 heteroatoms. The first-order valence-corrected chi connectivity index (χ1v) is 11.8. The molecular formula is C25H33N5O3. The number of methoxy groups -OCH3 is 1. The van der Waals surface area contributed by atoms with E-state index in [9.17, 15) is 4.79 Å². The summed E-state index contributed by atoms with van der Waals surface area (Å²) in [7, 11) is 1.60. The lowest BCUT2D eigenvalue weighted by molar-refractivity contribution is -0.137. The summed E-state index contributed by atoms with van der Waals surface area (Å²) >= 11 is 0. The van der Waals surface area contributed by atoms with Gasteiger partial charge in [-0.2, -0.15) is 0 Å². The molecule has 1 spiro atoms. The van der Waals surface area contributed by atoms with Crippen LogP contribution in [0.25, 0.3) is 0 Å². The van der Waals surface area contributed by atoms with E-state index in [1.165, 1.54) is 5.56 Å². The van der Waals surface area contributed by atoms with Gasteiger partial charge in [-0.25, -0.2) is 14.8 Å². The van der Waals surface area contributed by atoms with Crippen LogP contribution in [0.4, 0.5) is 10.7 Å². The number of nitrogens with zero attached hydrogens (tertiary/aromatic N) is 5. The summed E-state index contributed by atoms with van der Waals surface area (Å²) in [5, 5.41) is 0. The first-order chi connectivity index (χ1) is 15.9. The Labute approximate surface area is 195 Å². The molecule has 2 atom stereocenters. The lowest BCUT2D eigenvalue weighted by Gasteiger charge is -2.58. The van der Waals surface area contributed by atoms with Crippen LogP contribution in [0.5, 0.6) is 5.75 Å². The van der Waals surface area contributed by atoms with Gasteiger partial charge in [0.05, 0.1) is 31.6 Å². The van der Waals surface area contributed by atoms with Gasteiger partial charge in [0.15, 0.2) is 5.75 Å². The molecule has 1 aromatic heterocycles. The molecular weight excluding hydrogens is 418 g/mol. The number of ether oxygens (including phenoxy) is 2. The van der Waals surface area contributed by atoms with Crippen LogP contribution in [0.3, 0.4) is 0 Å². The Hall–Kier alpha value is -2.87. The monoisotopic (exact) mass is 451 g/mol. The molecule has 1 saturated carbocycles. The molecule has 5 rings (SSSR count). The van der Waals surface area contributed by atoms with Crippen molar-refractivity contribution in [1.82, 2.24) is 19.8 Å². The normalized spacial score (nSPS) is 24.8. The highest BCUT2D eigenvalue weighted by molar-refractivity contribution is 5.69. The third kappa shape index (κ3) is 4.49. The van der Waals surface area contributed by atoms with Gasteiger partial charge in [-0.1, -0.05) is 30.3 Å². The average Bonchev–Trinajstić information content (AvgIpc) is 2.76. The maximum atomic E-state index is 13.0. The van der Waals surface area contributed by atoms with Gasteiger partial charge < -0.3 is 14.4 Å². The molecule has 2 saturated heterocycles. The Kier molecular flexibility index (Phi) is 5.86. The predicted molar refractivity (Wildman–Crippen MR) is 125 cm³/mol. The number of carbonyl (C=O) groups is 1. The molecule has 3 fully saturated rings. The Morgan fingerprint density at radius 2 is 1.70 bits per heavy atom. The number of hydrogen-bond donors (Lipinski definition) is 0. The van der Waals surface area contributed by atoms with Crippen molar-refractivity contribution in [2.75, 3.05) is 38.2 Å². The largest absolute Gasteiger partial charge is 0.494 e. The molecule has 0 unspecified atom stereocenters. The lowest BCUT2D eigenvalue weighted by Crippen LogP contribution is -2.65. The third-order valence-electron chi connectivity index (χ3n) is 7.22. The van der Waals surface area contributed by atoms with Crippen LogP contribution >= 0.6 is 0 Å². The maximum absolute atomic E-state index is 13.0. The van der Waals surface area contributed by atoms with Gasteiger partial charge in [-0.3, -0.25) is 9.80 Å². The van der Waals surface area contributed by atoms with Crippen molar-refractivity contribution >= 4 is 12.0 Å². The fourth-order valence-electron chi connectivity index (χ4n) is 5.73. The van der Waals surface area contributed by atoms with Crippen molar-refractivity contribution in [1.29, 1.82) is 0 Å². The molecule has 0 N–H and O–H groups in total. The molecule has 1 amide bonds. The van der Waals surface area contributed by atoms with Crippen molar-refractivity contribution in [3.63, 3.8) is 0 Å². The van der Waals surface area contributed by atoms with E-state index in [0.29, 0.717) is 30.2 Å². The van der Waals surface area contributed by atoms with E-state index in [1.807, 2.05) is 4.90 Å². The molecule has 1 aromatic carbocycles. The molecule has 33 heavy (non-hydrogen) atoms. The number of likely N-dealkylation sites (tertiary alicyclic amines) is 1. The summed E-state index contributed by atoms with van der Waals surface area (Å²) in [6.45, 7) is 8.67. The minimum Gasteiger partial charge on any atom is -0.494 e. The summed E-state index contributed by atoms with van der Waals surface area (Å²) in [6, 6.07) is 10.6. The molecule has 3 aliphatic rings. The minimum absolute atomic E-state index is 0.0195. The third-order valence-corrected chi connectivity index (χ3v) is 7.22. The Bertz CT molecular complexity index is 944. The summed E-state index contributed by atoms with van der Waals surface area (Å²) in [6.07, 6.45) is 5.15. The average molecular weight is 452 g/mol. The molecule has 1 aliphatic carbocycles. The number of rotatable bonds is 5. The number of carbonyl (C=O) groups excluding carboxylic acids is 1. The van der Waals surface area contributed by atoms with Crippen LogP contribution in [0.15, 0.2) is 42.7 Å². The highest BCUT2D eigenvalue weighted by Crippen LogP contribution is 2.50. The topological polar surface area (TPSA) is 71.0 Å². The van der Waals surface area contributed by atoms with Crippen molar-refractivity contribution in [3.8, 4) is 5.75 Å². The first-order valence-electron chi connectivity index (χ1n) is 11.8. The zero-order valence-electron chi connectivity index (χ0n) is 19.7. The van der Waals surface area contributed by atoms with Gasteiger partial charge >= 0.3 is 6.09 Å². The SMILES string of the molecule is COc1cnc(N2C[C@@H](C)N(C(=O)OC3CC4(C3)CN(Cc3ccccc3)C4)[C@@H](C)C2)nc1. The number of benzene rings is 1. The molecule has 0 radical (unpaired) electrons. The fraction of sp³-hybridized carbons (Fsp3) is 0.560. The van der Waals surface area contributed by atoms with Crippen LogP contribution in [0, 0.1) is 5.41 Å². The van der Waals surface area contributed by atoms with E-state index in [2.05, 4.69) is 63.9 Å². The first kappa shape index (κ1) is 21.9. The standard InChI is InChI=1S/C25H33N5O3/c1-18-13-29(23-26-11-22(32-3)12-27-23)14-19(2)30(18)24(31)33-21-9-25(10-21)16-28(17-25)15-20-7-5-4-6-8-20/h4-8,11-12,18-19,21H,9-10,13-17H2,1-3H3/t18-,19+. The van der Waals surface area contributed by atoms with Crippen molar-refractivity contribution in [3.05, 3.63) is 48.3 Å². The van der Waals surface area contributed by atoms with E-state index < -0.39 is 0 Å². The zero-order chi connectivity index (χ0) is 23.0. The van der Waals surface area contributed by atoms with Crippen molar-refractivity contribution in [2.24, 2.45) is 5.41 Å². The number of piperazine rings is 1. The number of anilines is 1. The second-order valence-corrected chi connectivity index (χ2v) is 9.98. The van der Waals surface area contributed by atoms with Gasteiger partial charge in [0.2, 0.25) is 5.95 Å².